The first kappa shape index (κ1) is 17.1. The number of hydrogen-bond donors (Lipinski definition) is 1. The highest BCUT2D eigenvalue weighted by molar-refractivity contribution is 6.31. The molecule has 0 aliphatic carbocycles. The van der Waals surface area contributed by atoms with Gasteiger partial charge in [0.1, 0.15) is 5.82 Å². The zero-order valence-corrected chi connectivity index (χ0v) is 14.8. The van der Waals surface area contributed by atoms with Crippen LogP contribution in [0.25, 0.3) is 0 Å². The van der Waals surface area contributed by atoms with Gasteiger partial charge in [-0.15, -0.1) is 0 Å². The van der Waals surface area contributed by atoms with E-state index in [-0.39, 0.29) is 5.91 Å². The molecular weight excluding hydrogens is 334 g/mol. The predicted molar refractivity (Wildman–Crippen MR) is 100 cm³/mol. The number of aryl methyl sites for hydroxylation is 2. The van der Waals surface area contributed by atoms with Crippen molar-refractivity contribution in [3.05, 3.63) is 88.0 Å². The van der Waals surface area contributed by atoms with Crippen LogP contribution in [0.15, 0.2) is 54.7 Å². The summed E-state index contributed by atoms with van der Waals surface area (Å²) in [5.41, 5.74) is 3.84. The first-order valence-electron chi connectivity index (χ1n) is 7.97. The molecule has 2 aromatic carbocycles. The molecule has 0 atom stereocenters. The number of aromatic nitrogens is 2. The minimum atomic E-state index is -0.247. The molecule has 3 rings (SSSR count). The number of amides is 1. The molecule has 0 saturated carbocycles. The summed E-state index contributed by atoms with van der Waals surface area (Å²) in [5.74, 6) is 0.447. The fourth-order valence-electron chi connectivity index (χ4n) is 2.47. The van der Waals surface area contributed by atoms with Gasteiger partial charge in [0.2, 0.25) is 0 Å². The highest BCUT2D eigenvalue weighted by Gasteiger charge is 2.13. The third kappa shape index (κ3) is 4.22. The van der Waals surface area contributed by atoms with E-state index in [9.17, 15) is 4.79 Å². The van der Waals surface area contributed by atoms with Gasteiger partial charge < -0.3 is 5.32 Å². The highest BCUT2D eigenvalue weighted by Crippen LogP contribution is 2.20. The quantitative estimate of drug-likeness (QED) is 0.748. The summed E-state index contributed by atoms with van der Waals surface area (Å²) < 4.78 is 0. The van der Waals surface area contributed by atoms with Gasteiger partial charge >= 0.3 is 0 Å². The number of carbonyl (C=O) groups is 1. The first-order chi connectivity index (χ1) is 12.0. The van der Waals surface area contributed by atoms with Crippen molar-refractivity contribution in [2.75, 3.05) is 5.32 Å². The predicted octanol–water partition coefficient (Wildman–Crippen LogP) is 4.59. The Morgan fingerprint density at radius 2 is 1.88 bits per heavy atom. The van der Waals surface area contributed by atoms with Crippen LogP contribution in [0.3, 0.4) is 0 Å². The lowest BCUT2D eigenvalue weighted by Crippen LogP contribution is -2.15. The second-order valence-electron chi connectivity index (χ2n) is 5.87. The molecule has 0 bridgehead atoms. The molecule has 0 aliphatic rings. The number of carbonyl (C=O) groups excluding carboxylic acids is 1. The van der Waals surface area contributed by atoms with Crippen LogP contribution in [0.4, 0.5) is 5.69 Å². The van der Waals surface area contributed by atoms with E-state index in [1.807, 2.05) is 56.3 Å². The molecule has 0 fully saturated rings. The molecule has 4 nitrogen and oxygen atoms in total. The standard InChI is InChI=1S/C20H18ClN3O/c1-13-8-9-16(11-18(13)21)24-20(25)17-12-22-19(23-14(17)2)10-15-6-4-3-5-7-15/h3-9,11-12H,10H2,1-2H3,(H,24,25). The lowest BCUT2D eigenvalue weighted by atomic mass is 10.1. The number of anilines is 1. The van der Waals surface area contributed by atoms with Gasteiger partial charge in [-0.1, -0.05) is 48.0 Å². The second kappa shape index (κ2) is 7.45. The van der Waals surface area contributed by atoms with Crippen LogP contribution in [-0.4, -0.2) is 15.9 Å². The summed E-state index contributed by atoms with van der Waals surface area (Å²) in [6.07, 6.45) is 2.21. The number of halogens is 1. The van der Waals surface area contributed by atoms with Gasteiger partial charge in [-0.3, -0.25) is 4.79 Å². The Morgan fingerprint density at radius 3 is 2.56 bits per heavy atom. The average Bonchev–Trinajstić information content (AvgIpc) is 2.59. The van der Waals surface area contributed by atoms with Gasteiger partial charge in [-0.25, -0.2) is 9.97 Å². The fourth-order valence-corrected chi connectivity index (χ4v) is 2.65. The molecule has 1 aromatic heterocycles. The van der Waals surface area contributed by atoms with E-state index in [1.165, 1.54) is 0 Å². The Kier molecular flexibility index (Phi) is 5.10. The minimum absolute atomic E-state index is 0.247. The summed E-state index contributed by atoms with van der Waals surface area (Å²) in [6, 6.07) is 15.4. The van der Waals surface area contributed by atoms with E-state index < -0.39 is 0 Å². The van der Waals surface area contributed by atoms with Crippen LogP contribution in [0.2, 0.25) is 5.02 Å². The van der Waals surface area contributed by atoms with Crippen molar-refractivity contribution in [1.29, 1.82) is 0 Å². The Hall–Kier alpha value is -2.72. The largest absolute Gasteiger partial charge is 0.322 e. The zero-order chi connectivity index (χ0) is 17.8. The molecule has 1 heterocycles. The van der Waals surface area contributed by atoms with Gasteiger partial charge in [-0.05, 0) is 37.1 Å². The van der Waals surface area contributed by atoms with Gasteiger partial charge in [0.15, 0.2) is 0 Å². The van der Waals surface area contributed by atoms with Gasteiger partial charge in [0.25, 0.3) is 5.91 Å². The smallest absolute Gasteiger partial charge is 0.259 e. The number of hydrogen-bond acceptors (Lipinski definition) is 3. The SMILES string of the molecule is Cc1ccc(NC(=O)c2cnc(Cc3ccccc3)nc2C)cc1Cl. The zero-order valence-electron chi connectivity index (χ0n) is 14.1. The number of nitrogens with one attached hydrogen (secondary N) is 1. The van der Waals surface area contributed by atoms with E-state index in [0.717, 1.165) is 11.1 Å². The van der Waals surface area contributed by atoms with Crippen molar-refractivity contribution in [3.8, 4) is 0 Å². The summed E-state index contributed by atoms with van der Waals surface area (Å²) in [6.45, 7) is 3.73. The first-order valence-corrected chi connectivity index (χ1v) is 8.34. The van der Waals surface area contributed by atoms with Gasteiger partial charge in [0, 0.05) is 23.3 Å². The van der Waals surface area contributed by atoms with Crippen molar-refractivity contribution < 1.29 is 4.79 Å². The van der Waals surface area contributed by atoms with Crippen LogP contribution in [0.5, 0.6) is 0 Å². The van der Waals surface area contributed by atoms with Gasteiger partial charge in [0.05, 0.1) is 11.3 Å². The van der Waals surface area contributed by atoms with Crippen LogP contribution in [-0.2, 0) is 6.42 Å². The molecule has 1 N–H and O–H groups in total. The maximum atomic E-state index is 12.5. The monoisotopic (exact) mass is 351 g/mol. The third-order valence-electron chi connectivity index (χ3n) is 3.91. The maximum Gasteiger partial charge on any atom is 0.259 e. The molecule has 126 valence electrons. The molecule has 5 heteroatoms. The second-order valence-corrected chi connectivity index (χ2v) is 6.27. The molecule has 3 aromatic rings. The van der Waals surface area contributed by atoms with Gasteiger partial charge in [-0.2, -0.15) is 0 Å². The summed E-state index contributed by atoms with van der Waals surface area (Å²) in [4.78, 5) is 21.3. The van der Waals surface area contributed by atoms with Crippen LogP contribution in [0, 0.1) is 13.8 Å². The fraction of sp³-hybridized carbons (Fsp3) is 0.150. The van der Waals surface area contributed by atoms with Crippen LogP contribution in [0.1, 0.15) is 33.0 Å². The molecule has 0 unspecified atom stereocenters. The Bertz CT molecular complexity index is 910. The summed E-state index contributed by atoms with van der Waals surface area (Å²) in [5, 5.41) is 3.45. The van der Waals surface area contributed by atoms with Crippen LogP contribution >= 0.6 is 11.6 Å². The number of rotatable bonds is 4. The molecule has 0 spiro atoms. The lowest BCUT2D eigenvalue weighted by molar-refractivity contribution is 0.102. The highest BCUT2D eigenvalue weighted by atomic mass is 35.5. The molecule has 1 amide bonds. The van der Waals surface area contributed by atoms with Crippen molar-refractivity contribution in [2.45, 2.75) is 20.3 Å². The topological polar surface area (TPSA) is 54.9 Å². The number of nitrogens with zero attached hydrogens (tertiary/aromatic N) is 2. The molecule has 0 radical (unpaired) electrons. The Morgan fingerprint density at radius 1 is 1.12 bits per heavy atom. The van der Waals surface area contributed by atoms with E-state index >= 15 is 0 Å². The maximum absolute atomic E-state index is 12.5. The number of benzene rings is 2. The van der Waals surface area contributed by atoms with E-state index in [0.29, 0.717) is 34.2 Å². The van der Waals surface area contributed by atoms with Crippen molar-refractivity contribution >= 4 is 23.2 Å². The van der Waals surface area contributed by atoms with Crippen molar-refractivity contribution in [3.63, 3.8) is 0 Å². The van der Waals surface area contributed by atoms with Crippen molar-refractivity contribution in [1.82, 2.24) is 9.97 Å². The molecular formula is C20H18ClN3O. The molecule has 0 saturated heterocycles. The van der Waals surface area contributed by atoms with E-state index in [1.54, 1.807) is 12.3 Å². The van der Waals surface area contributed by atoms with Crippen LogP contribution < -0.4 is 5.32 Å². The minimum Gasteiger partial charge on any atom is -0.322 e. The normalized spacial score (nSPS) is 10.5. The molecule has 0 aliphatic heterocycles. The lowest BCUT2D eigenvalue weighted by Gasteiger charge is -2.09. The molecule has 25 heavy (non-hydrogen) atoms. The van der Waals surface area contributed by atoms with E-state index in [4.69, 9.17) is 11.6 Å². The summed E-state index contributed by atoms with van der Waals surface area (Å²) in [7, 11) is 0. The Balaban J connectivity index is 1.75. The van der Waals surface area contributed by atoms with Crippen molar-refractivity contribution in [2.24, 2.45) is 0 Å². The average molecular weight is 352 g/mol. The Labute approximate surface area is 151 Å². The van der Waals surface area contributed by atoms with E-state index in [2.05, 4.69) is 15.3 Å². The summed E-state index contributed by atoms with van der Waals surface area (Å²) >= 11 is 6.10. The third-order valence-corrected chi connectivity index (χ3v) is 4.32.